The second-order valence-corrected chi connectivity index (χ2v) is 4.22. The van der Waals surface area contributed by atoms with Crippen LogP contribution in [0.3, 0.4) is 0 Å². The minimum absolute atomic E-state index is 0.180. The van der Waals surface area contributed by atoms with Crippen LogP contribution in [0.2, 0.25) is 0 Å². The van der Waals surface area contributed by atoms with Crippen molar-refractivity contribution in [2.24, 2.45) is 0 Å². The zero-order valence-electron chi connectivity index (χ0n) is 9.73. The molecule has 17 heavy (non-hydrogen) atoms. The predicted molar refractivity (Wildman–Crippen MR) is 65.1 cm³/mol. The van der Waals surface area contributed by atoms with Crippen LogP contribution in [0.15, 0.2) is 30.6 Å². The minimum atomic E-state index is 0.180. The molecule has 1 aromatic heterocycles. The molecule has 1 aliphatic rings. The molecule has 0 fully saturated rings. The van der Waals surface area contributed by atoms with Gasteiger partial charge >= 0.3 is 0 Å². The van der Waals surface area contributed by atoms with Gasteiger partial charge in [0.1, 0.15) is 5.75 Å². The molecule has 0 saturated carbocycles. The van der Waals surface area contributed by atoms with Crippen molar-refractivity contribution < 1.29 is 4.74 Å². The Bertz CT molecular complexity index is 507. The van der Waals surface area contributed by atoms with E-state index < -0.39 is 0 Å². The standard InChI is InChI=1S/C13H15N3O/c1-14-13(11-7-15-16-8-11)10-2-3-12-9(6-10)4-5-17-12/h2-3,6-8,13-14H,4-5H2,1H3,(H,15,16). The average molecular weight is 229 g/mol. The molecule has 88 valence electrons. The lowest BCUT2D eigenvalue weighted by atomic mass is 9.99. The zero-order valence-corrected chi connectivity index (χ0v) is 9.73. The molecule has 3 rings (SSSR count). The van der Waals surface area contributed by atoms with E-state index in [4.69, 9.17) is 4.74 Å². The molecule has 1 atom stereocenters. The summed E-state index contributed by atoms with van der Waals surface area (Å²) in [6.07, 6.45) is 4.78. The number of aromatic nitrogens is 2. The number of nitrogens with zero attached hydrogens (tertiary/aromatic N) is 1. The third-order valence-electron chi connectivity index (χ3n) is 3.19. The van der Waals surface area contributed by atoms with Crippen LogP contribution >= 0.6 is 0 Å². The average Bonchev–Trinajstić information content (AvgIpc) is 2.99. The Balaban J connectivity index is 1.97. The normalized spacial score (nSPS) is 15.4. The number of ether oxygens (including phenoxy) is 1. The van der Waals surface area contributed by atoms with Gasteiger partial charge in [0.25, 0.3) is 0 Å². The summed E-state index contributed by atoms with van der Waals surface area (Å²) >= 11 is 0. The lowest BCUT2D eigenvalue weighted by Crippen LogP contribution is -2.17. The van der Waals surface area contributed by atoms with Crippen LogP contribution < -0.4 is 10.1 Å². The molecule has 4 heteroatoms. The summed E-state index contributed by atoms with van der Waals surface area (Å²) in [6, 6.07) is 6.57. The van der Waals surface area contributed by atoms with Crippen LogP contribution in [0, 0.1) is 0 Å². The maximum atomic E-state index is 5.52. The summed E-state index contributed by atoms with van der Waals surface area (Å²) in [5, 5.41) is 10.2. The molecule has 1 aromatic carbocycles. The number of rotatable bonds is 3. The molecule has 2 heterocycles. The first-order chi connectivity index (χ1) is 8.38. The number of fused-ring (bicyclic) bond motifs is 1. The highest BCUT2D eigenvalue weighted by Gasteiger charge is 2.17. The molecule has 0 bridgehead atoms. The molecular formula is C13H15N3O. The number of hydrogen-bond acceptors (Lipinski definition) is 3. The summed E-state index contributed by atoms with van der Waals surface area (Å²) in [4.78, 5) is 0. The molecule has 4 nitrogen and oxygen atoms in total. The van der Waals surface area contributed by atoms with E-state index >= 15 is 0 Å². The first-order valence-corrected chi connectivity index (χ1v) is 5.80. The zero-order chi connectivity index (χ0) is 11.7. The van der Waals surface area contributed by atoms with Gasteiger partial charge in [-0.25, -0.2) is 0 Å². The van der Waals surface area contributed by atoms with Crippen molar-refractivity contribution in [1.82, 2.24) is 15.5 Å². The van der Waals surface area contributed by atoms with E-state index in [0.717, 1.165) is 24.3 Å². The van der Waals surface area contributed by atoms with Crippen molar-refractivity contribution in [1.29, 1.82) is 0 Å². The van der Waals surface area contributed by atoms with E-state index in [1.807, 2.05) is 19.4 Å². The Morgan fingerprint density at radius 1 is 1.41 bits per heavy atom. The lowest BCUT2D eigenvalue weighted by Gasteiger charge is -2.15. The van der Waals surface area contributed by atoms with Crippen molar-refractivity contribution in [3.05, 3.63) is 47.3 Å². The molecule has 2 aromatic rings. The Kier molecular flexibility index (Phi) is 2.57. The quantitative estimate of drug-likeness (QED) is 0.841. The van der Waals surface area contributed by atoms with Gasteiger partial charge in [-0.2, -0.15) is 5.10 Å². The monoisotopic (exact) mass is 229 g/mol. The van der Waals surface area contributed by atoms with E-state index in [9.17, 15) is 0 Å². The van der Waals surface area contributed by atoms with Gasteiger partial charge in [0.15, 0.2) is 0 Å². The Hall–Kier alpha value is -1.81. The summed E-state index contributed by atoms with van der Waals surface area (Å²) in [5.41, 5.74) is 3.69. The molecule has 0 saturated heterocycles. The summed E-state index contributed by atoms with van der Waals surface area (Å²) < 4.78 is 5.52. The van der Waals surface area contributed by atoms with Crippen molar-refractivity contribution in [3.8, 4) is 5.75 Å². The highest BCUT2D eigenvalue weighted by Crippen LogP contribution is 2.30. The largest absolute Gasteiger partial charge is 0.493 e. The molecule has 2 N–H and O–H groups in total. The Labute approximate surface area is 100 Å². The van der Waals surface area contributed by atoms with Gasteiger partial charge in [-0.05, 0) is 24.2 Å². The van der Waals surface area contributed by atoms with E-state index in [1.165, 1.54) is 11.1 Å². The van der Waals surface area contributed by atoms with Crippen molar-refractivity contribution >= 4 is 0 Å². The van der Waals surface area contributed by atoms with Crippen LogP contribution in [0.5, 0.6) is 5.75 Å². The second-order valence-electron chi connectivity index (χ2n) is 4.22. The fourth-order valence-electron chi connectivity index (χ4n) is 2.33. The number of benzene rings is 1. The number of nitrogens with one attached hydrogen (secondary N) is 2. The molecule has 0 radical (unpaired) electrons. The van der Waals surface area contributed by atoms with Gasteiger partial charge in [0, 0.05) is 18.2 Å². The third-order valence-corrected chi connectivity index (χ3v) is 3.19. The molecular weight excluding hydrogens is 214 g/mol. The van der Waals surface area contributed by atoms with Crippen molar-refractivity contribution in [2.45, 2.75) is 12.5 Å². The van der Waals surface area contributed by atoms with Crippen LogP contribution in [-0.2, 0) is 6.42 Å². The predicted octanol–water partition coefficient (Wildman–Crippen LogP) is 1.65. The highest BCUT2D eigenvalue weighted by molar-refractivity contribution is 5.42. The molecule has 0 amide bonds. The Morgan fingerprint density at radius 2 is 2.35 bits per heavy atom. The smallest absolute Gasteiger partial charge is 0.122 e. The summed E-state index contributed by atoms with van der Waals surface area (Å²) in [7, 11) is 1.96. The first kappa shape index (κ1) is 10.4. The number of H-pyrrole nitrogens is 1. The molecule has 1 aliphatic heterocycles. The number of aromatic amines is 1. The van der Waals surface area contributed by atoms with Gasteiger partial charge < -0.3 is 10.1 Å². The highest BCUT2D eigenvalue weighted by atomic mass is 16.5. The van der Waals surface area contributed by atoms with E-state index in [1.54, 1.807) is 0 Å². The van der Waals surface area contributed by atoms with Gasteiger partial charge in [0.2, 0.25) is 0 Å². The Morgan fingerprint density at radius 3 is 3.12 bits per heavy atom. The topological polar surface area (TPSA) is 49.9 Å². The maximum Gasteiger partial charge on any atom is 0.122 e. The van der Waals surface area contributed by atoms with E-state index in [-0.39, 0.29) is 6.04 Å². The SMILES string of the molecule is CNC(c1cn[nH]c1)c1ccc2c(c1)CCO2. The lowest BCUT2D eigenvalue weighted by molar-refractivity contribution is 0.357. The second kappa shape index (κ2) is 4.22. The van der Waals surface area contributed by atoms with Crippen LogP contribution in [0.25, 0.3) is 0 Å². The van der Waals surface area contributed by atoms with Crippen LogP contribution in [0.1, 0.15) is 22.7 Å². The molecule has 1 unspecified atom stereocenters. The van der Waals surface area contributed by atoms with E-state index in [2.05, 4.69) is 33.7 Å². The van der Waals surface area contributed by atoms with Gasteiger partial charge in [0.05, 0.1) is 18.8 Å². The number of hydrogen-bond donors (Lipinski definition) is 2. The fourth-order valence-corrected chi connectivity index (χ4v) is 2.33. The minimum Gasteiger partial charge on any atom is -0.493 e. The summed E-state index contributed by atoms with van der Waals surface area (Å²) in [6.45, 7) is 0.800. The third kappa shape index (κ3) is 1.80. The summed E-state index contributed by atoms with van der Waals surface area (Å²) in [5.74, 6) is 1.02. The molecule has 0 aliphatic carbocycles. The first-order valence-electron chi connectivity index (χ1n) is 5.80. The van der Waals surface area contributed by atoms with Crippen LogP contribution in [0.4, 0.5) is 0 Å². The van der Waals surface area contributed by atoms with Gasteiger partial charge in [-0.1, -0.05) is 12.1 Å². The van der Waals surface area contributed by atoms with E-state index in [0.29, 0.717) is 0 Å². The van der Waals surface area contributed by atoms with Crippen molar-refractivity contribution in [2.75, 3.05) is 13.7 Å². The fraction of sp³-hybridized carbons (Fsp3) is 0.308. The molecule has 0 spiro atoms. The van der Waals surface area contributed by atoms with Crippen LogP contribution in [-0.4, -0.2) is 23.9 Å². The van der Waals surface area contributed by atoms with Gasteiger partial charge in [-0.15, -0.1) is 0 Å². The van der Waals surface area contributed by atoms with Gasteiger partial charge in [-0.3, -0.25) is 5.10 Å². The maximum absolute atomic E-state index is 5.52. The van der Waals surface area contributed by atoms with Crippen molar-refractivity contribution in [3.63, 3.8) is 0 Å².